The highest BCUT2D eigenvalue weighted by atomic mass is 16.7. The van der Waals surface area contributed by atoms with Gasteiger partial charge < -0.3 is 10.2 Å². The van der Waals surface area contributed by atoms with E-state index >= 15 is 0 Å². The van der Waals surface area contributed by atoms with Gasteiger partial charge in [0, 0.05) is 0 Å². The summed E-state index contributed by atoms with van der Waals surface area (Å²) in [5, 5.41) is 18.3. The van der Waals surface area contributed by atoms with Gasteiger partial charge in [-0.1, -0.05) is 0 Å². The van der Waals surface area contributed by atoms with Crippen molar-refractivity contribution < 1.29 is 19.8 Å². The fraction of sp³-hybridized carbons (Fsp3) is 0.857. The monoisotopic (exact) mass is 192 g/mol. The summed E-state index contributed by atoms with van der Waals surface area (Å²) in [6, 6.07) is 0. The van der Waals surface area contributed by atoms with Crippen LogP contribution in [0.25, 0.3) is 0 Å². The molecule has 3 N–H and O–H groups in total. The van der Waals surface area contributed by atoms with Crippen molar-refractivity contribution in [2.45, 2.75) is 33.0 Å². The third kappa shape index (κ3) is 6.32. The largest absolute Gasteiger partial charge is 0.464 e. The van der Waals surface area contributed by atoms with Crippen LogP contribution in [0.3, 0.4) is 0 Å². The topological polar surface area (TPSA) is 82.0 Å². The molecule has 0 fully saturated rings. The number of aliphatic hydroxyl groups is 1. The zero-order chi connectivity index (χ0) is 10.4. The van der Waals surface area contributed by atoms with E-state index in [4.69, 9.17) is 15.1 Å². The lowest BCUT2D eigenvalue weighted by molar-refractivity contribution is -0.106. The van der Waals surface area contributed by atoms with Gasteiger partial charge in [0.25, 0.3) is 0 Å². The predicted molar refractivity (Wildman–Crippen MR) is 45.8 cm³/mol. The first-order valence-corrected chi connectivity index (χ1v) is 4.03. The molecule has 13 heavy (non-hydrogen) atoms. The van der Waals surface area contributed by atoms with Crippen LogP contribution in [0, 0.1) is 0 Å². The first kappa shape index (κ1) is 12.2. The molecular formula is C7H16N2O4. The minimum Gasteiger partial charge on any atom is -0.464 e. The molecule has 0 spiro atoms. The zero-order valence-corrected chi connectivity index (χ0v) is 8.02. The molecule has 0 aromatic heterocycles. The normalized spacial score (nSPS) is 13.0. The molecule has 1 amide bonds. The third-order valence-electron chi connectivity index (χ3n) is 1.08. The van der Waals surface area contributed by atoms with Crippen LogP contribution in [0.15, 0.2) is 0 Å². The molecule has 0 heterocycles. The Morgan fingerprint density at radius 3 is 2.38 bits per heavy atom. The lowest BCUT2D eigenvalue weighted by Gasteiger charge is -2.21. The minimum atomic E-state index is -1.19. The van der Waals surface area contributed by atoms with Crippen molar-refractivity contribution in [1.29, 1.82) is 0 Å². The number of carbonyl (C=O) groups is 1. The van der Waals surface area contributed by atoms with E-state index in [-0.39, 0.29) is 12.6 Å². The molecular weight excluding hydrogens is 176 g/mol. The van der Waals surface area contributed by atoms with E-state index in [1.807, 2.05) is 0 Å². The second kappa shape index (κ2) is 5.74. The molecule has 0 rings (SSSR count). The summed E-state index contributed by atoms with van der Waals surface area (Å²) in [7, 11) is 0. The second-order valence-corrected chi connectivity index (χ2v) is 3.00. The van der Waals surface area contributed by atoms with E-state index in [9.17, 15) is 4.79 Å². The van der Waals surface area contributed by atoms with Crippen LogP contribution in [0.5, 0.6) is 0 Å². The maximum absolute atomic E-state index is 10.5. The van der Waals surface area contributed by atoms with Gasteiger partial charge in [-0.25, -0.2) is 9.80 Å². The van der Waals surface area contributed by atoms with Gasteiger partial charge in [-0.2, -0.15) is 0 Å². The number of rotatable bonds is 5. The van der Waals surface area contributed by atoms with Crippen LogP contribution >= 0.6 is 0 Å². The van der Waals surface area contributed by atoms with Crippen molar-refractivity contribution in [1.82, 2.24) is 10.6 Å². The Kier molecular flexibility index (Phi) is 5.36. The number of hydrazine groups is 1. The summed E-state index contributed by atoms with van der Waals surface area (Å²) < 4.78 is 0. The Morgan fingerprint density at radius 2 is 2.08 bits per heavy atom. The average molecular weight is 192 g/mol. The fourth-order valence-electron chi connectivity index (χ4n) is 0.588. The highest BCUT2D eigenvalue weighted by Crippen LogP contribution is 1.91. The Morgan fingerprint density at radius 1 is 1.54 bits per heavy atom. The van der Waals surface area contributed by atoms with Crippen molar-refractivity contribution >= 4 is 6.09 Å². The first-order valence-electron chi connectivity index (χ1n) is 4.03. The van der Waals surface area contributed by atoms with E-state index in [1.54, 1.807) is 13.8 Å². The summed E-state index contributed by atoms with van der Waals surface area (Å²) in [6.07, 6.45) is -2.06. The Labute approximate surface area is 77.0 Å². The molecule has 0 radical (unpaired) electrons. The molecule has 1 unspecified atom stereocenters. The smallest absolute Gasteiger partial charge is 0.423 e. The summed E-state index contributed by atoms with van der Waals surface area (Å²) in [6.45, 7) is 4.97. The molecule has 0 aromatic rings. The highest BCUT2D eigenvalue weighted by molar-refractivity contribution is 5.64. The van der Waals surface area contributed by atoms with Gasteiger partial charge in [-0.05, 0) is 20.8 Å². The van der Waals surface area contributed by atoms with Crippen LogP contribution in [-0.2, 0) is 4.84 Å². The Hall–Kier alpha value is -0.850. The van der Waals surface area contributed by atoms with Gasteiger partial charge in [0.2, 0.25) is 0 Å². The van der Waals surface area contributed by atoms with Crippen LogP contribution in [0.1, 0.15) is 20.8 Å². The minimum absolute atomic E-state index is 0.0396. The number of aliphatic hydroxyl groups excluding tert-OH is 1. The average Bonchev–Trinajstić information content (AvgIpc) is 1.96. The molecule has 6 nitrogen and oxygen atoms in total. The summed E-state index contributed by atoms with van der Waals surface area (Å²) in [5.41, 5.74) is 2.22. The molecule has 1 atom stereocenters. The zero-order valence-electron chi connectivity index (χ0n) is 8.02. The Balaban J connectivity index is 3.88. The van der Waals surface area contributed by atoms with Crippen LogP contribution in [0.2, 0.25) is 0 Å². The summed E-state index contributed by atoms with van der Waals surface area (Å²) in [5.74, 6) is 0. The molecule has 0 aromatic carbocycles. The van der Waals surface area contributed by atoms with E-state index < -0.39 is 12.2 Å². The summed E-state index contributed by atoms with van der Waals surface area (Å²) >= 11 is 0. The number of nitrogens with one attached hydrogen (secondary N) is 1. The standard InChI is InChI=1S/C7H16N2O4/c1-5(2)13-8-9(7(11)12)4-6(3)10/h5-6,8,10H,4H2,1-3H3,(H,11,12). The van der Waals surface area contributed by atoms with E-state index in [0.29, 0.717) is 0 Å². The third-order valence-corrected chi connectivity index (χ3v) is 1.08. The maximum atomic E-state index is 10.5. The van der Waals surface area contributed by atoms with Crippen LogP contribution in [0.4, 0.5) is 4.79 Å². The molecule has 0 saturated carbocycles. The first-order chi connectivity index (χ1) is 5.93. The van der Waals surface area contributed by atoms with Gasteiger partial charge in [0.15, 0.2) is 0 Å². The number of nitrogens with zero attached hydrogens (tertiary/aromatic N) is 1. The molecule has 78 valence electrons. The molecule has 0 bridgehead atoms. The molecule has 0 aliphatic carbocycles. The van der Waals surface area contributed by atoms with Gasteiger partial charge in [0.05, 0.1) is 18.8 Å². The second-order valence-electron chi connectivity index (χ2n) is 3.00. The maximum Gasteiger partial charge on any atom is 0.423 e. The van der Waals surface area contributed by atoms with Gasteiger partial charge >= 0.3 is 6.09 Å². The number of carboxylic acid groups (broad SMARTS) is 1. The van der Waals surface area contributed by atoms with Crippen molar-refractivity contribution in [2.75, 3.05) is 6.54 Å². The molecule has 0 aliphatic rings. The highest BCUT2D eigenvalue weighted by Gasteiger charge is 2.14. The van der Waals surface area contributed by atoms with Gasteiger partial charge in [-0.3, -0.25) is 4.84 Å². The van der Waals surface area contributed by atoms with Gasteiger partial charge in [-0.15, -0.1) is 5.59 Å². The number of hydrogen-bond donors (Lipinski definition) is 3. The van der Waals surface area contributed by atoms with E-state index in [2.05, 4.69) is 5.59 Å². The van der Waals surface area contributed by atoms with E-state index in [0.717, 1.165) is 5.01 Å². The quantitative estimate of drug-likeness (QED) is 0.542. The fourth-order valence-corrected chi connectivity index (χ4v) is 0.588. The van der Waals surface area contributed by atoms with Gasteiger partial charge in [0.1, 0.15) is 0 Å². The molecule has 6 heteroatoms. The van der Waals surface area contributed by atoms with Crippen LogP contribution < -0.4 is 5.59 Å². The number of hydrogen-bond acceptors (Lipinski definition) is 4. The molecule has 0 aliphatic heterocycles. The summed E-state index contributed by atoms with van der Waals surface area (Å²) in [4.78, 5) is 15.4. The van der Waals surface area contributed by atoms with Crippen molar-refractivity contribution in [3.8, 4) is 0 Å². The lowest BCUT2D eigenvalue weighted by Crippen LogP contribution is -2.46. The SMILES string of the molecule is CC(O)CN(NOC(C)C)C(=O)O. The number of amides is 1. The van der Waals surface area contributed by atoms with Crippen molar-refractivity contribution in [3.63, 3.8) is 0 Å². The van der Waals surface area contributed by atoms with Crippen molar-refractivity contribution in [3.05, 3.63) is 0 Å². The van der Waals surface area contributed by atoms with E-state index in [1.165, 1.54) is 6.92 Å². The molecule has 0 saturated heterocycles. The predicted octanol–water partition coefficient (Wildman–Crippen LogP) is 0.192. The Bertz CT molecular complexity index is 161. The van der Waals surface area contributed by atoms with Crippen molar-refractivity contribution in [2.24, 2.45) is 0 Å². The van der Waals surface area contributed by atoms with Crippen LogP contribution in [-0.4, -0.2) is 40.1 Å². The lowest BCUT2D eigenvalue weighted by atomic mass is 10.4.